The second kappa shape index (κ2) is 5.87. The van der Waals surface area contributed by atoms with Crippen LogP contribution in [0.4, 0.5) is 5.69 Å². The smallest absolute Gasteiger partial charge is 0.325 e. The first-order valence-corrected chi connectivity index (χ1v) is 6.57. The van der Waals surface area contributed by atoms with Gasteiger partial charge in [0.2, 0.25) is 0 Å². The largest absolute Gasteiger partial charge is 0.480 e. The number of benzene rings is 1. The van der Waals surface area contributed by atoms with Crippen LogP contribution in [0, 0.1) is 6.92 Å². The highest BCUT2D eigenvalue weighted by Crippen LogP contribution is 2.22. The summed E-state index contributed by atoms with van der Waals surface area (Å²) < 4.78 is 1.97. The minimum atomic E-state index is -0.993. The third kappa shape index (κ3) is 3.24. The van der Waals surface area contributed by atoms with Crippen LogP contribution in [0.15, 0.2) is 35.1 Å². The summed E-state index contributed by atoms with van der Waals surface area (Å²) in [7, 11) is 0. The monoisotopic (exact) mass is 337 g/mol. The van der Waals surface area contributed by atoms with E-state index in [2.05, 4.69) is 26.3 Å². The molecule has 104 valence electrons. The Morgan fingerprint density at radius 3 is 2.90 bits per heavy atom. The first kappa shape index (κ1) is 14.3. The molecule has 20 heavy (non-hydrogen) atoms. The van der Waals surface area contributed by atoms with Crippen molar-refractivity contribution in [3.63, 3.8) is 0 Å². The van der Waals surface area contributed by atoms with Gasteiger partial charge in [-0.25, -0.2) is 0 Å². The Morgan fingerprint density at radius 2 is 2.20 bits per heavy atom. The summed E-state index contributed by atoms with van der Waals surface area (Å²) in [4.78, 5) is 22.7. The second-order valence-corrected chi connectivity index (χ2v) is 5.00. The van der Waals surface area contributed by atoms with E-state index in [0.717, 1.165) is 10.0 Å². The molecule has 0 unspecified atom stereocenters. The van der Waals surface area contributed by atoms with Crippen molar-refractivity contribution in [3.05, 3.63) is 46.2 Å². The third-order valence-electron chi connectivity index (χ3n) is 2.62. The van der Waals surface area contributed by atoms with E-state index >= 15 is 0 Å². The van der Waals surface area contributed by atoms with E-state index < -0.39 is 5.97 Å². The zero-order chi connectivity index (χ0) is 14.7. The SMILES string of the molecule is Cc1cccc(C(=O)Nc2cnn(CC(=O)O)c2)c1Br. The van der Waals surface area contributed by atoms with Crippen LogP contribution in [-0.4, -0.2) is 26.8 Å². The number of anilines is 1. The van der Waals surface area contributed by atoms with Crippen LogP contribution >= 0.6 is 15.9 Å². The molecule has 1 amide bonds. The predicted octanol–water partition coefficient (Wildman–Crippen LogP) is 2.29. The first-order valence-electron chi connectivity index (χ1n) is 5.78. The Bertz CT molecular complexity index is 667. The van der Waals surface area contributed by atoms with Gasteiger partial charge in [-0.1, -0.05) is 12.1 Å². The molecule has 0 spiro atoms. The number of carbonyl (C=O) groups is 2. The fraction of sp³-hybridized carbons (Fsp3) is 0.154. The van der Waals surface area contributed by atoms with E-state index in [1.807, 2.05) is 13.0 Å². The number of carboxylic acids is 1. The normalized spacial score (nSPS) is 10.3. The van der Waals surface area contributed by atoms with Crippen molar-refractivity contribution in [3.8, 4) is 0 Å². The topological polar surface area (TPSA) is 84.2 Å². The molecular formula is C13H12BrN3O3. The van der Waals surface area contributed by atoms with Crippen molar-refractivity contribution in [2.24, 2.45) is 0 Å². The van der Waals surface area contributed by atoms with Gasteiger partial charge in [-0.2, -0.15) is 5.10 Å². The van der Waals surface area contributed by atoms with Gasteiger partial charge in [0.05, 0.1) is 17.4 Å². The lowest BCUT2D eigenvalue weighted by Gasteiger charge is -2.06. The highest BCUT2D eigenvalue weighted by atomic mass is 79.9. The van der Waals surface area contributed by atoms with Gasteiger partial charge in [-0.3, -0.25) is 14.3 Å². The van der Waals surface area contributed by atoms with Gasteiger partial charge >= 0.3 is 5.97 Å². The van der Waals surface area contributed by atoms with Crippen LogP contribution in [0.3, 0.4) is 0 Å². The zero-order valence-corrected chi connectivity index (χ0v) is 12.2. The number of rotatable bonds is 4. The molecule has 2 N–H and O–H groups in total. The Kier molecular flexibility index (Phi) is 4.19. The van der Waals surface area contributed by atoms with E-state index in [-0.39, 0.29) is 12.5 Å². The molecule has 2 aromatic rings. The van der Waals surface area contributed by atoms with Crippen LogP contribution in [0.2, 0.25) is 0 Å². The molecule has 6 nitrogen and oxygen atoms in total. The molecule has 0 saturated carbocycles. The maximum Gasteiger partial charge on any atom is 0.325 e. The van der Waals surface area contributed by atoms with Gasteiger partial charge < -0.3 is 10.4 Å². The van der Waals surface area contributed by atoms with Gasteiger partial charge in [-0.15, -0.1) is 0 Å². The van der Waals surface area contributed by atoms with Gasteiger partial charge in [0.15, 0.2) is 0 Å². The molecule has 0 radical (unpaired) electrons. The Morgan fingerprint density at radius 1 is 1.45 bits per heavy atom. The number of hydrogen-bond acceptors (Lipinski definition) is 3. The number of aromatic nitrogens is 2. The molecule has 0 saturated heterocycles. The molecule has 2 rings (SSSR count). The standard InChI is InChI=1S/C13H12BrN3O3/c1-8-3-2-4-10(12(8)14)13(20)16-9-5-15-17(6-9)7-11(18)19/h2-6H,7H2,1H3,(H,16,20)(H,18,19). The average Bonchev–Trinajstić information content (AvgIpc) is 2.79. The van der Waals surface area contributed by atoms with Crippen LogP contribution in [0.5, 0.6) is 0 Å². The molecule has 1 heterocycles. The van der Waals surface area contributed by atoms with Crippen LogP contribution in [0.25, 0.3) is 0 Å². The highest BCUT2D eigenvalue weighted by molar-refractivity contribution is 9.10. The van der Waals surface area contributed by atoms with E-state index in [4.69, 9.17) is 5.11 Å². The number of nitrogens with one attached hydrogen (secondary N) is 1. The van der Waals surface area contributed by atoms with Crippen LogP contribution in [0.1, 0.15) is 15.9 Å². The Hall–Kier alpha value is -2.15. The third-order valence-corrected chi connectivity index (χ3v) is 3.68. The maximum atomic E-state index is 12.1. The van der Waals surface area contributed by atoms with E-state index in [9.17, 15) is 9.59 Å². The Labute approximate surface area is 123 Å². The lowest BCUT2D eigenvalue weighted by molar-refractivity contribution is -0.137. The lowest BCUT2D eigenvalue weighted by atomic mass is 10.1. The van der Waals surface area contributed by atoms with E-state index in [1.54, 1.807) is 12.1 Å². The van der Waals surface area contributed by atoms with E-state index in [1.165, 1.54) is 17.1 Å². The number of aliphatic carboxylic acids is 1. The number of hydrogen-bond donors (Lipinski definition) is 2. The van der Waals surface area contributed by atoms with Crippen molar-refractivity contribution in [1.29, 1.82) is 0 Å². The fourth-order valence-corrected chi connectivity index (χ4v) is 2.12. The van der Waals surface area contributed by atoms with Gasteiger partial charge in [0.25, 0.3) is 5.91 Å². The molecule has 0 atom stereocenters. The fourth-order valence-electron chi connectivity index (χ4n) is 1.67. The molecule has 1 aromatic heterocycles. The zero-order valence-electron chi connectivity index (χ0n) is 10.6. The molecule has 1 aromatic carbocycles. The maximum absolute atomic E-state index is 12.1. The minimum Gasteiger partial charge on any atom is -0.480 e. The Balaban J connectivity index is 2.13. The molecule has 0 bridgehead atoms. The summed E-state index contributed by atoms with van der Waals surface area (Å²) >= 11 is 3.37. The van der Waals surface area contributed by atoms with Crippen molar-refractivity contribution < 1.29 is 14.7 Å². The summed E-state index contributed by atoms with van der Waals surface area (Å²) in [5, 5.41) is 15.2. The van der Waals surface area contributed by atoms with Crippen molar-refractivity contribution in [2.45, 2.75) is 13.5 Å². The van der Waals surface area contributed by atoms with Crippen LogP contribution < -0.4 is 5.32 Å². The van der Waals surface area contributed by atoms with Crippen molar-refractivity contribution >= 4 is 33.5 Å². The first-order chi connectivity index (χ1) is 9.47. The number of carboxylic acid groups (broad SMARTS) is 1. The number of carbonyl (C=O) groups excluding carboxylic acids is 1. The van der Waals surface area contributed by atoms with Crippen molar-refractivity contribution in [2.75, 3.05) is 5.32 Å². The number of halogens is 1. The summed E-state index contributed by atoms with van der Waals surface area (Å²) in [6, 6.07) is 5.39. The summed E-state index contributed by atoms with van der Waals surface area (Å²) in [5.41, 5.74) is 1.92. The summed E-state index contributed by atoms with van der Waals surface area (Å²) in [6.45, 7) is 1.65. The number of aryl methyl sites for hydroxylation is 1. The number of amides is 1. The van der Waals surface area contributed by atoms with Crippen LogP contribution in [-0.2, 0) is 11.3 Å². The quantitative estimate of drug-likeness (QED) is 0.896. The molecule has 0 aliphatic heterocycles. The van der Waals surface area contributed by atoms with E-state index in [0.29, 0.717) is 11.3 Å². The molecule has 0 aliphatic carbocycles. The van der Waals surface area contributed by atoms with Crippen molar-refractivity contribution in [1.82, 2.24) is 9.78 Å². The van der Waals surface area contributed by atoms with Gasteiger partial charge in [-0.05, 0) is 34.5 Å². The molecular weight excluding hydrogens is 326 g/mol. The average molecular weight is 338 g/mol. The second-order valence-electron chi connectivity index (χ2n) is 4.21. The number of nitrogens with zero attached hydrogens (tertiary/aromatic N) is 2. The van der Waals surface area contributed by atoms with Gasteiger partial charge in [0.1, 0.15) is 6.54 Å². The summed E-state index contributed by atoms with van der Waals surface area (Å²) in [5.74, 6) is -1.28. The van der Waals surface area contributed by atoms with Gasteiger partial charge in [0, 0.05) is 10.7 Å². The summed E-state index contributed by atoms with van der Waals surface area (Å²) in [6.07, 6.45) is 2.88. The lowest BCUT2D eigenvalue weighted by Crippen LogP contribution is -2.13. The molecule has 0 fully saturated rings. The predicted molar refractivity (Wildman–Crippen MR) is 76.7 cm³/mol. The molecule has 0 aliphatic rings. The molecule has 7 heteroatoms. The highest BCUT2D eigenvalue weighted by Gasteiger charge is 2.12. The minimum absolute atomic E-state index is 0.246.